The van der Waals surface area contributed by atoms with Gasteiger partial charge in [-0.1, -0.05) is 54.6 Å². The lowest BCUT2D eigenvalue weighted by Gasteiger charge is -2.31. The molecule has 12 heteroatoms. The Morgan fingerprint density at radius 3 is 1.92 bits per heavy atom. The molecule has 50 heavy (non-hydrogen) atoms. The van der Waals surface area contributed by atoms with Gasteiger partial charge in [0.05, 0.1) is 12.0 Å². The van der Waals surface area contributed by atoms with E-state index in [2.05, 4.69) is 10.0 Å². The van der Waals surface area contributed by atoms with Crippen molar-refractivity contribution in [1.29, 1.82) is 0 Å². The van der Waals surface area contributed by atoms with Gasteiger partial charge in [0.2, 0.25) is 5.91 Å². The number of carbonyl (C=O) groups excluding carboxylic acids is 2. The van der Waals surface area contributed by atoms with Crippen LogP contribution in [0.5, 0.6) is 11.5 Å². The van der Waals surface area contributed by atoms with Crippen LogP contribution in [0.1, 0.15) is 16.7 Å². The molecule has 1 atom stereocenters. The summed E-state index contributed by atoms with van der Waals surface area (Å²) in [6.07, 6.45) is 0.190. The number of methoxy groups -OCH3 is 1. The standard InChI is InChI=1S/C38H35F2N3O6S/c1-48-33-17-9-28(10-18-33)24-41-38(45)36(23-27-5-3-2-4-6-27)43(25-29-7-11-30(39)12-8-29)37(44)26-49-34-19-21-35(22-20-34)50(46,47)42-32-15-13-31(40)14-16-32/h2-22,36,42H,23-26H2,1H3,(H,41,45)/t36-/m0/s1. The zero-order valence-corrected chi connectivity index (χ0v) is 27.9. The molecule has 258 valence electrons. The van der Waals surface area contributed by atoms with Crippen molar-refractivity contribution >= 4 is 27.5 Å². The highest BCUT2D eigenvalue weighted by Crippen LogP contribution is 2.21. The molecule has 5 aromatic rings. The Bertz CT molecular complexity index is 1980. The number of hydrogen-bond donors (Lipinski definition) is 2. The molecular formula is C38H35F2N3O6S. The number of rotatable bonds is 15. The minimum absolute atomic E-state index is 0.0117. The molecule has 0 fully saturated rings. The Kier molecular flexibility index (Phi) is 11.8. The molecule has 0 aliphatic heterocycles. The number of nitrogens with zero attached hydrogens (tertiary/aromatic N) is 1. The van der Waals surface area contributed by atoms with Crippen molar-refractivity contribution in [2.75, 3.05) is 18.4 Å². The number of amides is 2. The second kappa shape index (κ2) is 16.6. The van der Waals surface area contributed by atoms with Crippen LogP contribution in [-0.4, -0.2) is 44.9 Å². The predicted molar refractivity (Wildman–Crippen MR) is 185 cm³/mol. The van der Waals surface area contributed by atoms with Crippen molar-refractivity contribution < 1.29 is 36.3 Å². The van der Waals surface area contributed by atoms with Gasteiger partial charge in [-0.05, 0) is 89.5 Å². The maximum Gasteiger partial charge on any atom is 0.261 e. The fourth-order valence-corrected chi connectivity index (χ4v) is 6.12. The number of halogens is 2. The molecule has 5 rings (SSSR count). The largest absolute Gasteiger partial charge is 0.497 e. The third-order valence-corrected chi connectivity index (χ3v) is 9.15. The van der Waals surface area contributed by atoms with E-state index < -0.39 is 46.1 Å². The summed E-state index contributed by atoms with van der Waals surface area (Å²) in [5.74, 6) is -0.972. The summed E-state index contributed by atoms with van der Waals surface area (Å²) >= 11 is 0. The maximum atomic E-state index is 13.9. The smallest absolute Gasteiger partial charge is 0.261 e. The molecule has 0 aliphatic carbocycles. The summed E-state index contributed by atoms with van der Waals surface area (Å²) in [5, 5.41) is 2.95. The monoisotopic (exact) mass is 699 g/mol. The molecule has 0 radical (unpaired) electrons. The average Bonchev–Trinajstić information content (AvgIpc) is 3.13. The molecule has 2 N–H and O–H groups in total. The normalized spacial score (nSPS) is 11.7. The molecule has 9 nitrogen and oxygen atoms in total. The third-order valence-electron chi connectivity index (χ3n) is 7.76. The number of nitrogens with one attached hydrogen (secondary N) is 2. The van der Waals surface area contributed by atoms with Crippen LogP contribution in [0.15, 0.2) is 132 Å². The molecule has 0 aromatic heterocycles. The summed E-state index contributed by atoms with van der Waals surface area (Å²) in [4.78, 5) is 29.1. The van der Waals surface area contributed by atoms with E-state index in [1.165, 1.54) is 53.4 Å². The molecule has 0 bridgehead atoms. The van der Waals surface area contributed by atoms with Crippen LogP contribution in [-0.2, 0) is 39.1 Å². The van der Waals surface area contributed by atoms with Crippen molar-refractivity contribution in [2.24, 2.45) is 0 Å². The Morgan fingerprint density at radius 2 is 1.30 bits per heavy atom. The lowest BCUT2D eigenvalue weighted by molar-refractivity contribution is -0.142. The molecule has 0 unspecified atom stereocenters. The van der Waals surface area contributed by atoms with E-state index in [0.29, 0.717) is 11.3 Å². The van der Waals surface area contributed by atoms with Crippen molar-refractivity contribution in [3.05, 3.63) is 156 Å². The second-order valence-corrected chi connectivity index (χ2v) is 13.0. The topological polar surface area (TPSA) is 114 Å². The van der Waals surface area contributed by atoms with Crippen LogP contribution in [0.25, 0.3) is 0 Å². The van der Waals surface area contributed by atoms with Crippen LogP contribution in [0, 0.1) is 11.6 Å². The van der Waals surface area contributed by atoms with E-state index in [4.69, 9.17) is 9.47 Å². The summed E-state index contributed by atoms with van der Waals surface area (Å²) < 4.78 is 66.1. The summed E-state index contributed by atoms with van der Waals surface area (Å²) in [7, 11) is -2.42. The van der Waals surface area contributed by atoms with Gasteiger partial charge < -0.3 is 19.7 Å². The number of benzene rings is 5. The summed E-state index contributed by atoms with van der Waals surface area (Å²) in [5.41, 5.74) is 2.44. The number of anilines is 1. The molecular weight excluding hydrogens is 664 g/mol. The first-order valence-corrected chi connectivity index (χ1v) is 17.1. The van der Waals surface area contributed by atoms with Gasteiger partial charge in [0.1, 0.15) is 29.2 Å². The van der Waals surface area contributed by atoms with Gasteiger partial charge in [-0.15, -0.1) is 0 Å². The number of ether oxygens (including phenoxy) is 2. The van der Waals surface area contributed by atoms with Gasteiger partial charge in [-0.3, -0.25) is 14.3 Å². The van der Waals surface area contributed by atoms with Gasteiger partial charge >= 0.3 is 0 Å². The average molecular weight is 700 g/mol. The number of sulfonamides is 1. The summed E-state index contributed by atoms with van der Waals surface area (Å²) in [6, 6.07) is 31.5. The Labute approximate surface area is 289 Å². The third kappa shape index (κ3) is 9.89. The highest BCUT2D eigenvalue weighted by Gasteiger charge is 2.31. The number of carbonyl (C=O) groups is 2. The molecule has 0 spiro atoms. The van der Waals surface area contributed by atoms with Crippen molar-refractivity contribution in [2.45, 2.75) is 30.4 Å². The van der Waals surface area contributed by atoms with E-state index in [-0.39, 0.29) is 35.8 Å². The van der Waals surface area contributed by atoms with E-state index >= 15 is 0 Å². The van der Waals surface area contributed by atoms with Crippen LogP contribution >= 0.6 is 0 Å². The van der Waals surface area contributed by atoms with Gasteiger partial charge in [0.15, 0.2) is 6.61 Å². The van der Waals surface area contributed by atoms with E-state index in [1.807, 2.05) is 42.5 Å². The van der Waals surface area contributed by atoms with Gasteiger partial charge in [0, 0.05) is 25.2 Å². The molecule has 0 saturated carbocycles. The molecule has 2 amide bonds. The van der Waals surface area contributed by atoms with Crippen molar-refractivity contribution in [3.8, 4) is 11.5 Å². The highest BCUT2D eigenvalue weighted by molar-refractivity contribution is 7.92. The SMILES string of the molecule is COc1ccc(CNC(=O)[C@H](Cc2ccccc2)N(Cc2ccc(F)cc2)C(=O)COc2ccc(S(=O)(=O)Nc3ccc(F)cc3)cc2)cc1. The highest BCUT2D eigenvalue weighted by atomic mass is 32.2. The van der Waals surface area contributed by atoms with Crippen LogP contribution in [0.3, 0.4) is 0 Å². The van der Waals surface area contributed by atoms with Gasteiger partial charge in [-0.25, -0.2) is 17.2 Å². The number of hydrogen-bond acceptors (Lipinski definition) is 6. The van der Waals surface area contributed by atoms with E-state index in [0.717, 1.165) is 23.3 Å². The van der Waals surface area contributed by atoms with Crippen LogP contribution in [0.4, 0.5) is 14.5 Å². The fourth-order valence-electron chi connectivity index (χ4n) is 5.07. The van der Waals surface area contributed by atoms with Crippen molar-refractivity contribution in [1.82, 2.24) is 10.2 Å². The van der Waals surface area contributed by atoms with Gasteiger partial charge in [0.25, 0.3) is 15.9 Å². The lowest BCUT2D eigenvalue weighted by Crippen LogP contribution is -2.51. The molecule has 5 aromatic carbocycles. The zero-order valence-electron chi connectivity index (χ0n) is 27.1. The Morgan fingerprint density at radius 1 is 0.720 bits per heavy atom. The predicted octanol–water partition coefficient (Wildman–Crippen LogP) is 6.11. The maximum absolute atomic E-state index is 13.9. The molecule has 0 aliphatic rings. The first-order chi connectivity index (χ1) is 24.1. The van der Waals surface area contributed by atoms with Crippen LogP contribution < -0.4 is 19.5 Å². The van der Waals surface area contributed by atoms with Crippen molar-refractivity contribution in [3.63, 3.8) is 0 Å². The van der Waals surface area contributed by atoms with E-state index in [1.54, 1.807) is 31.4 Å². The Hall–Kier alpha value is -5.75. The van der Waals surface area contributed by atoms with E-state index in [9.17, 15) is 26.8 Å². The van der Waals surface area contributed by atoms with Gasteiger partial charge in [-0.2, -0.15) is 0 Å². The second-order valence-electron chi connectivity index (χ2n) is 11.3. The minimum atomic E-state index is -3.99. The minimum Gasteiger partial charge on any atom is -0.497 e. The first kappa shape index (κ1) is 35.6. The first-order valence-electron chi connectivity index (χ1n) is 15.6. The quantitative estimate of drug-likeness (QED) is 0.136. The molecule has 0 heterocycles. The zero-order chi connectivity index (χ0) is 35.5. The lowest BCUT2D eigenvalue weighted by atomic mass is 10.0. The fraction of sp³-hybridized carbons (Fsp3) is 0.158. The summed E-state index contributed by atoms with van der Waals surface area (Å²) in [6.45, 7) is -0.283. The van der Waals surface area contributed by atoms with Crippen LogP contribution in [0.2, 0.25) is 0 Å². The Balaban J connectivity index is 1.34. The molecule has 0 saturated heterocycles.